The van der Waals surface area contributed by atoms with Crippen molar-refractivity contribution in [3.05, 3.63) is 34.3 Å². The molecule has 0 unspecified atom stereocenters. The Kier molecular flexibility index (Phi) is 1.49. The highest BCUT2D eigenvalue weighted by Gasteiger charge is 2.59. The van der Waals surface area contributed by atoms with Crippen LogP contribution in [0.25, 0.3) is 0 Å². The molecule has 3 atom stereocenters. The molecule has 3 heteroatoms. The predicted molar refractivity (Wildman–Crippen MR) is 52.5 cm³/mol. The summed E-state index contributed by atoms with van der Waals surface area (Å²) in [6.45, 7) is 0. The lowest BCUT2D eigenvalue weighted by Gasteiger charge is -2.04. The van der Waals surface area contributed by atoms with Gasteiger partial charge < -0.3 is 5.11 Å². The molecule has 1 fully saturated rings. The fraction of sp³-hybridized carbons (Fsp3) is 0.364. The quantitative estimate of drug-likeness (QED) is 0.769. The molecule has 0 heterocycles. The van der Waals surface area contributed by atoms with Gasteiger partial charge in [0.05, 0.1) is 5.92 Å². The maximum absolute atomic E-state index is 10.8. The van der Waals surface area contributed by atoms with E-state index in [1.54, 1.807) is 0 Å². The molecular formula is C11H9ClO2. The smallest absolute Gasteiger partial charge is 0.307 e. The van der Waals surface area contributed by atoms with Gasteiger partial charge in [-0.25, -0.2) is 0 Å². The molecule has 3 rings (SSSR count). The predicted octanol–water partition coefficient (Wildman–Crippen LogP) is 2.31. The average molecular weight is 209 g/mol. The number of hydrogen-bond acceptors (Lipinski definition) is 1. The van der Waals surface area contributed by atoms with Crippen molar-refractivity contribution in [3.8, 4) is 0 Å². The van der Waals surface area contributed by atoms with Crippen molar-refractivity contribution < 1.29 is 9.90 Å². The maximum atomic E-state index is 10.8. The Balaban J connectivity index is 2.01. The third-order valence-corrected chi connectivity index (χ3v) is 3.61. The van der Waals surface area contributed by atoms with Crippen LogP contribution in [-0.2, 0) is 11.2 Å². The molecule has 0 spiro atoms. The number of carboxylic acid groups (broad SMARTS) is 1. The van der Waals surface area contributed by atoms with Crippen molar-refractivity contribution in [2.45, 2.75) is 12.3 Å². The molecular weight excluding hydrogens is 200 g/mol. The summed E-state index contributed by atoms with van der Waals surface area (Å²) in [5, 5.41) is 9.63. The molecule has 1 N–H and O–H groups in total. The molecule has 2 nitrogen and oxygen atoms in total. The SMILES string of the molecule is O=C(O)[C@@H]1[C@@H]2Cc3ccc(Cl)cc3[C@H]21. The van der Waals surface area contributed by atoms with Crippen LogP contribution in [0.15, 0.2) is 18.2 Å². The van der Waals surface area contributed by atoms with Gasteiger partial charge >= 0.3 is 5.97 Å². The van der Waals surface area contributed by atoms with E-state index in [9.17, 15) is 4.79 Å². The molecule has 0 bridgehead atoms. The fourth-order valence-electron chi connectivity index (χ4n) is 2.70. The van der Waals surface area contributed by atoms with Gasteiger partial charge in [-0.1, -0.05) is 17.7 Å². The number of aliphatic carboxylic acids is 1. The minimum absolute atomic E-state index is 0.152. The van der Waals surface area contributed by atoms with Crippen LogP contribution in [-0.4, -0.2) is 11.1 Å². The van der Waals surface area contributed by atoms with Gasteiger partial charge in [-0.2, -0.15) is 0 Å². The zero-order valence-corrected chi connectivity index (χ0v) is 8.16. The third kappa shape index (κ3) is 0.947. The molecule has 0 aliphatic heterocycles. The zero-order chi connectivity index (χ0) is 9.87. The van der Waals surface area contributed by atoms with Gasteiger partial charge in [0.15, 0.2) is 0 Å². The molecule has 2 aliphatic rings. The lowest BCUT2D eigenvalue weighted by molar-refractivity contribution is -0.139. The first-order valence-electron chi connectivity index (χ1n) is 4.69. The number of carbonyl (C=O) groups is 1. The topological polar surface area (TPSA) is 37.3 Å². The number of hydrogen-bond donors (Lipinski definition) is 1. The second-order valence-corrected chi connectivity index (χ2v) is 4.54. The van der Waals surface area contributed by atoms with E-state index < -0.39 is 5.97 Å². The molecule has 0 aromatic heterocycles. The highest BCUT2D eigenvalue weighted by Crippen LogP contribution is 2.61. The van der Waals surface area contributed by atoms with Gasteiger partial charge in [-0.15, -0.1) is 0 Å². The standard InChI is InChI=1S/C11H9ClO2/c12-6-2-1-5-3-8-9(7(5)4-6)10(8)11(13)14/h1-2,4,8-10H,3H2,(H,13,14)/t8-,9-,10-/m1/s1. The summed E-state index contributed by atoms with van der Waals surface area (Å²) in [7, 11) is 0. The Morgan fingerprint density at radius 2 is 2.29 bits per heavy atom. The number of benzene rings is 1. The Morgan fingerprint density at radius 1 is 1.50 bits per heavy atom. The summed E-state index contributed by atoms with van der Waals surface area (Å²) in [6.07, 6.45) is 0.911. The lowest BCUT2D eigenvalue weighted by Crippen LogP contribution is -2.04. The lowest BCUT2D eigenvalue weighted by atomic mass is 10.0. The average Bonchev–Trinajstić information content (AvgIpc) is 2.73. The normalized spacial score (nSPS) is 32.2. The van der Waals surface area contributed by atoms with Crippen molar-refractivity contribution in [1.82, 2.24) is 0 Å². The summed E-state index contributed by atoms with van der Waals surface area (Å²) >= 11 is 5.89. The summed E-state index contributed by atoms with van der Waals surface area (Å²) in [6, 6.07) is 5.81. The zero-order valence-electron chi connectivity index (χ0n) is 7.40. The van der Waals surface area contributed by atoms with E-state index in [1.165, 1.54) is 5.56 Å². The van der Waals surface area contributed by atoms with Crippen LogP contribution in [0, 0.1) is 11.8 Å². The fourth-order valence-corrected chi connectivity index (χ4v) is 2.89. The van der Waals surface area contributed by atoms with Crippen LogP contribution in [0.5, 0.6) is 0 Å². The first kappa shape index (κ1) is 8.30. The first-order valence-corrected chi connectivity index (χ1v) is 5.07. The minimum Gasteiger partial charge on any atom is -0.481 e. The highest BCUT2D eigenvalue weighted by atomic mass is 35.5. The van der Waals surface area contributed by atoms with E-state index in [-0.39, 0.29) is 11.8 Å². The summed E-state index contributed by atoms with van der Waals surface area (Å²) < 4.78 is 0. The Hall–Kier alpha value is -1.02. The first-order chi connectivity index (χ1) is 6.68. The van der Waals surface area contributed by atoms with E-state index in [0.717, 1.165) is 12.0 Å². The number of carboxylic acids is 1. The molecule has 14 heavy (non-hydrogen) atoms. The second-order valence-electron chi connectivity index (χ2n) is 4.10. The summed E-state index contributed by atoms with van der Waals surface area (Å²) in [5.74, 6) is -0.242. The summed E-state index contributed by atoms with van der Waals surface area (Å²) in [4.78, 5) is 10.8. The van der Waals surface area contributed by atoms with Crippen molar-refractivity contribution >= 4 is 17.6 Å². The van der Waals surface area contributed by atoms with Gasteiger partial charge in [0, 0.05) is 10.9 Å². The molecule has 2 aliphatic carbocycles. The molecule has 1 aromatic carbocycles. The van der Waals surface area contributed by atoms with Gasteiger partial charge in [-0.3, -0.25) is 4.79 Å². The largest absolute Gasteiger partial charge is 0.481 e. The molecule has 0 saturated heterocycles. The number of rotatable bonds is 1. The van der Waals surface area contributed by atoms with Crippen LogP contribution in [0.2, 0.25) is 5.02 Å². The Bertz CT molecular complexity index is 427. The van der Waals surface area contributed by atoms with E-state index in [1.807, 2.05) is 18.2 Å². The summed E-state index contributed by atoms with van der Waals surface area (Å²) in [5.41, 5.74) is 2.44. The van der Waals surface area contributed by atoms with Gasteiger partial charge in [0.25, 0.3) is 0 Å². The van der Waals surface area contributed by atoms with Crippen LogP contribution < -0.4 is 0 Å². The van der Waals surface area contributed by atoms with E-state index in [2.05, 4.69) is 0 Å². The number of halogens is 1. The van der Waals surface area contributed by atoms with Crippen LogP contribution in [0.3, 0.4) is 0 Å². The van der Waals surface area contributed by atoms with Crippen LogP contribution >= 0.6 is 11.6 Å². The molecule has 0 radical (unpaired) electrons. The molecule has 0 amide bonds. The molecule has 72 valence electrons. The molecule has 1 saturated carbocycles. The maximum Gasteiger partial charge on any atom is 0.307 e. The second kappa shape index (κ2) is 2.51. The third-order valence-electron chi connectivity index (χ3n) is 3.38. The van der Waals surface area contributed by atoms with Crippen molar-refractivity contribution in [2.75, 3.05) is 0 Å². The van der Waals surface area contributed by atoms with Crippen LogP contribution in [0.1, 0.15) is 17.0 Å². The molecule has 1 aromatic rings. The highest BCUT2D eigenvalue weighted by molar-refractivity contribution is 6.30. The van der Waals surface area contributed by atoms with Crippen molar-refractivity contribution in [2.24, 2.45) is 11.8 Å². The van der Waals surface area contributed by atoms with Gasteiger partial charge in [0.1, 0.15) is 0 Å². The van der Waals surface area contributed by atoms with Gasteiger partial charge in [0.2, 0.25) is 0 Å². The Morgan fingerprint density at radius 3 is 3.00 bits per heavy atom. The van der Waals surface area contributed by atoms with E-state index >= 15 is 0 Å². The monoisotopic (exact) mass is 208 g/mol. The minimum atomic E-state index is -0.661. The van der Waals surface area contributed by atoms with Gasteiger partial charge in [-0.05, 0) is 35.6 Å². The number of fused-ring (bicyclic) bond motifs is 3. The van der Waals surface area contributed by atoms with E-state index in [0.29, 0.717) is 10.9 Å². The van der Waals surface area contributed by atoms with Crippen molar-refractivity contribution in [1.29, 1.82) is 0 Å². The van der Waals surface area contributed by atoms with Crippen molar-refractivity contribution in [3.63, 3.8) is 0 Å². The van der Waals surface area contributed by atoms with E-state index in [4.69, 9.17) is 16.7 Å². The van der Waals surface area contributed by atoms with Crippen LogP contribution in [0.4, 0.5) is 0 Å². The Labute approximate surface area is 86.5 Å².